The van der Waals surface area contributed by atoms with Crippen molar-refractivity contribution >= 4 is 27.5 Å². The molecule has 10 heteroatoms. The summed E-state index contributed by atoms with van der Waals surface area (Å²) in [6.07, 6.45) is 1.11. The van der Waals surface area contributed by atoms with Crippen molar-refractivity contribution in [3.05, 3.63) is 97.9 Å². The monoisotopic (exact) mass is 526 g/mol. The Morgan fingerprint density at radius 3 is 2.57 bits per heavy atom. The second-order valence-electron chi connectivity index (χ2n) is 8.90. The van der Waals surface area contributed by atoms with Crippen LogP contribution in [-0.2, 0) is 19.4 Å². The summed E-state index contributed by atoms with van der Waals surface area (Å²) in [6.45, 7) is 4.36. The minimum atomic E-state index is -1.07. The number of carbonyl (C=O) groups is 1. The molecule has 194 valence electrons. The second-order valence-corrected chi connectivity index (χ2v) is 9.90. The maximum atomic E-state index is 13.8. The van der Waals surface area contributed by atoms with Gasteiger partial charge in [-0.05, 0) is 54.2 Å². The molecule has 2 heterocycles. The molecule has 0 aliphatic rings. The van der Waals surface area contributed by atoms with Crippen LogP contribution in [0, 0.1) is 18.6 Å². The average molecular weight is 527 g/mol. The predicted molar refractivity (Wildman–Crippen MR) is 140 cm³/mol. The standard InChI is InChI=1S/C27H28F2N4O3S/c1-3-16-5-4-6-17(7-16)12-30-13-22(34)21(10-18-8-19(28)11-20(29)9-18)33-26(36)24-15(2)23-25(35)31-14-32-27(23)37-24/h4-9,11,14,21-22,30,34H,3,10,12-13H2,1-2H3,(H,33,36)(H,31,32,35). The van der Waals surface area contributed by atoms with Crippen molar-refractivity contribution in [2.24, 2.45) is 0 Å². The number of fused-ring (bicyclic) bond motifs is 1. The molecule has 0 saturated heterocycles. The van der Waals surface area contributed by atoms with Crippen molar-refractivity contribution in [1.29, 1.82) is 0 Å². The van der Waals surface area contributed by atoms with Gasteiger partial charge in [0.05, 0.1) is 28.7 Å². The van der Waals surface area contributed by atoms with Crippen LogP contribution in [0.4, 0.5) is 8.78 Å². The van der Waals surface area contributed by atoms with E-state index in [9.17, 15) is 23.5 Å². The number of aliphatic hydroxyl groups is 1. The number of thiophene rings is 1. The van der Waals surface area contributed by atoms with Crippen LogP contribution in [0.15, 0.2) is 53.6 Å². The van der Waals surface area contributed by atoms with Gasteiger partial charge in [0.1, 0.15) is 16.5 Å². The Morgan fingerprint density at radius 2 is 1.86 bits per heavy atom. The van der Waals surface area contributed by atoms with Gasteiger partial charge in [0.2, 0.25) is 0 Å². The highest BCUT2D eigenvalue weighted by atomic mass is 32.1. The quantitative estimate of drug-likeness (QED) is 0.253. The van der Waals surface area contributed by atoms with Crippen LogP contribution in [0.25, 0.3) is 10.2 Å². The Bertz CT molecular complexity index is 1450. The molecule has 2 unspecified atom stereocenters. The molecule has 0 aliphatic heterocycles. The fourth-order valence-electron chi connectivity index (χ4n) is 4.26. The molecule has 37 heavy (non-hydrogen) atoms. The molecule has 2 aromatic carbocycles. The largest absolute Gasteiger partial charge is 0.390 e. The van der Waals surface area contributed by atoms with E-state index in [4.69, 9.17) is 0 Å². The van der Waals surface area contributed by atoms with Crippen LogP contribution in [0.2, 0.25) is 0 Å². The molecule has 0 spiro atoms. The van der Waals surface area contributed by atoms with E-state index in [1.54, 1.807) is 6.92 Å². The van der Waals surface area contributed by atoms with Crippen molar-refractivity contribution < 1.29 is 18.7 Å². The number of aliphatic hydroxyl groups excluding tert-OH is 1. The molecule has 4 N–H and O–H groups in total. The Morgan fingerprint density at radius 1 is 1.14 bits per heavy atom. The van der Waals surface area contributed by atoms with Gasteiger partial charge in [-0.2, -0.15) is 0 Å². The molecule has 0 saturated carbocycles. The molecule has 1 amide bonds. The summed E-state index contributed by atoms with van der Waals surface area (Å²) in [5.41, 5.74) is 2.68. The van der Waals surface area contributed by atoms with Gasteiger partial charge in [-0.1, -0.05) is 31.2 Å². The van der Waals surface area contributed by atoms with Crippen molar-refractivity contribution in [3.8, 4) is 0 Å². The van der Waals surface area contributed by atoms with Gasteiger partial charge in [-0.15, -0.1) is 11.3 Å². The Hall–Kier alpha value is -3.47. The Kier molecular flexibility index (Phi) is 8.42. The highest BCUT2D eigenvalue weighted by molar-refractivity contribution is 7.20. The number of halogens is 2. The van der Waals surface area contributed by atoms with E-state index in [0.717, 1.165) is 29.4 Å². The van der Waals surface area contributed by atoms with Crippen LogP contribution in [0.3, 0.4) is 0 Å². The van der Waals surface area contributed by atoms with E-state index < -0.39 is 29.7 Å². The zero-order valence-corrected chi connectivity index (χ0v) is 21.3. The highest BCUT2D eigenvalue weighted by Crippen LogP contribution is 2.26. The van der Waals surface area contributed by atoms with E-state index in [-0.39, 0.29) is 23.4 Å². The van der Waals surface area contributed by atoms with Crippen molar-refractivity contribution in [2.75, 3.05) is 6.54 Å². The summed E-state index contributed by atoms with van der Waals surface area (Å²) in [6, 6.07) is 10.3. The third-order valence-corrected chi connectivity index (χ3v) is 7.38. The summed E-state index contributed by atoms with van der Waals surface area (Å²) in [5.74, 6) is -1.99. The summed E-state index contributed by atoms with van der Waals surface area (Å²) >= 11 is 1.07. The van der Waals surface area contributed by atoms with E-state index in [0.29, 0.717) is 27.9 Å². The van der Waals surface area contributed by atoms with Gasteiger partial charge < -0.3 is 20.7 Å². The number of aromatic nitrogens is 2. The van der Waals surface area contributed by atoms with Gasteiger partial charge >= 0.3 is 0 Å². The molecule has 4 rings (SSSR count). The lowest BCUT2D eigenvalue weighted by atomic mass is 10.00. The van der Waals surface area contributed by atoms with Crippen LogP contribution >= 0.6 is 11.3 Å². The van der Waals surface area contributed by atoms with Gasteiger partial charge in [0.15, 0.2) is 0 Å². The molecule has 0 radical (unpaired) electrons. The third-order valence-electron chi connectivity index (χ3n) is 6.18. The lowest BCUT2D eigenvalue weighted by Gasteiger charge is -2.25. The number of aryl methyl sites for hydroxylation is 2. The first-order valence-corrected chi connectivity index (χ1v) is 12.8. The Labute approximate surface area is 216 Å². The number of amides is 1. The topological polar surface area (TPSA) is 107 Å². The van der Waals surface area contributed by atoms with E-state index in [1.165, 1.54) is 24.0 Å². The van der Waals surface area contributed by atoms with Crippen molar-refractivity contribution in [3.63, 3.8) is 0 Å². The normalized spacial score (nSPS) is 13.0. The number of carbonyl (C=O) groups excluding carboxylic acids is 1. The van der Waals surface area contributed by atoms with Crippen molar-refractivity contribution in [1.82, 2.24) is 20.6 Å². The summed E-state index contributed by atoms with van der Waals surface area (Å²) in [4.78, 5) is 32.8. The number of H-pyrrole nitrogens is 1. The first-order chi connectivity index (χ1) is 17.7. The predicted octanol–water partition coefficient (Wildman–Crippen LogP) is 3.63. The molecule has 4 aromatic rings. The number of hydrogen-bond donors (Lipinski definition) is 4. The summed E-state index contributed by atoms with van der Waals surface area (Å²) < 4.78 is 27.7. The van der Waals surface area contributed by atoms with Gasteiger partial charge in [-0.3, -0.25) is 9.59 Å². The van der Waals surface area contributed by atoms with Crippen LogP contribution in [-0.4, -0.2) is 39.7 Å². The van der Waals surface area contributed by atoms with E-state index >= 15 is 0 Å². The minimum Gasteiger partial charge on any atom is -0.390 e. The maximum absolute atomic E-state index is 13.8. The number of aromatic amines is 1. The fraction of sp³-hybridized carbons (Fsp3) is 0.296. The van der Waals surface area contributed by atoms with Gasteiger partial charge in [-0.25, -0.2) is 13.8 Å². The zero-order chi connectivity index (χ0) is 26.5. The first kappa shape index (κ1) is 26.6. The molecular formula is C27H28F2N4O3S. The molecule has 0 aliphatic carbocycles. The maximum Gasteiger partial charge on any atom is 0.262 e. The zero-order valence-electron chi connectivity index (χ0n) is 20.5. The van der Waals surface area contributed by atoms with Crippen molar-refractivity contribution in [2.45, 2.75) is 45.4 Å². The van der Waals surface area contributed by atoms with E-state index in [1.807, 2.05) is 18.2 Å². The first-order valence-electron chi connectivity index (χ1n) is 11.9. The average Bonchev–Trinajstić information content (AvgIpc) is 3.20. The smallest absolute Gasteiger partial charge is 0.262 e. The molecule has 2 aromatic heterocycles. The molecular weight excluding hydrogens is 498 g/mol. The molecule has 2 atom stereocenters. The van der Waals surface area contributed by atoms with Gasteiger partial charge in [0.25, 0.3) is 11.5 Å². The number of nitrogens with zero attached hydrogens (tertiary/aromatic N) is 1. The second kappa shape index (κ2) is 11.7. The summed E-state index contributed by atoms with van der Waals surface area (Å²) in [7, 11) is 0. The minimum absolute atomic E-state index is 0.00262. The number of hydrogen-bond acceptors (Lipinski definition) is 6. The molecule has 0 fully saturated rings. The third kappa shape index (κ3) is 6.46. The number of rotatable bonds is 10. The highest BCUT2D eigenvalue weighted by Gasteiger charge is 2.26. The van der Waals surface area contributed by atoms with Crippen LogP contribution in [0.1, 0.15) is 38.8 Å². The summed E-state index contributed by atoms with van der Waals surface area (Å²) in [5, 5.41) is 17.3. The molecule has 0 bridgehead atoms. The van der Waals surface area contributed by atoms with Gasteiger partial charge in [0, 0.05) is 19.2 Å². The van der Waals surface area contributed by atoms with Crippen LogP contribution in [0.5, 0.6) is 0 Å². The SMILES string of the molecule is CCc1cccc(CNCC(O)C(Cc2cc(F)cc(F)c2)NC(=O)c2sc3nc[nH]c(=O)c3c2C)c1. The van der Waals surface area contributed by atoms with E-state index in [2.05, 4.69) is 33.6 Å². The molecule has 7 nitrogen and oxygen atoms in total. The lowest BCUT2D eigenvalue weighted by Crippen LogP contribution is -2.48. The number of nitrogens with one attached hydrogen (secondary N) is 3. The van der Waals surface area contributed by atoms with Crippen LogP contribution < -0.4 is 16.2 Å². The number of benzene rings is 2. The lowest BCUT2D eigenvalue weighted by molar-refractivity contribution is 0.0833. The Balaban J connectivity index is 1.53. The fourth-order valence-corrected chi connectivity index (χ4v) is 5.31.